The standard InChI is InChI=1S/C21H18ClN5O3/c1-13(20(28)29-2)23-15-8-9-17(16(12-15)14-6-4-3-5-7-14)30-19-11-10-18-24-25-21(22)27(18)26-19/h3-13,23H,1-2H3. The highest BCUT2D eigenvalue weighted by Crippen LogP contribution is 2.35. The zero-order chi connectivity index (χ0) is 21.1. The zero-order valence-electron chi connectivity index (χ0n) is 16.2. The number of hydrogen-bond donors (Lipinski definition) is 1. The summed E-state index contributed by atoms with van der Waals surface area (Å²) in [5.74, 6) is 0.582. The van der Waals surface area contributed by atoms with Gasteiger partial charge in [-0.15, -0.1) is 15.3 Å². The summed E-state index contributed by atoms with van der Waals surface area (Å²) in [4.78, 5) is 11.8. The summed E-state index contributed by atoms with van der Waals surface area (Å²) in [6, 6.07) is 18.2. The van der Waals surface area contributed by atoms with E-state index >= 15 is 0 Å². The topological polar surface area (TPSA) is 90.6 Å². The smallest absolute Gasteiger partial charge is 0.327 e. The van der Waals surface area contributed by atoms with Crippen molar-refractivity contribution in [2.75, 3.05) is 12.4 Å². The quantitative estimate of drug-likeness (QED) is 0.464. The number of halogens is 1. The van der Waals surface area contributed by atoms with Gasteiger partial charge < -0.3 is 14.8 Å². The molecule has 0 saturated heterocycles. The monoisotopic (exact) mass is 423 g/mol. The molecule has 0 radical (unpaired) electrons. The van der Waals surface area contributed by atoms with Crippen molar-refractivity contribution in [1.29, 1.82) is 0 Å². The summed E-state index contributed by atoms with van der Waals surface area (Å²) < 4.78 is 12.2. The number of benzene rings is 2. The molecule has 1 unspecified atom stereocenters. The van der Waals surface area contributed by atoms with E-state index in [4.69, 9.17) is 21.1 Å². The van der Waals surface area contributed by atoms with Gasteiger partial charge in [-0.3, -0.25) is 0 Å². The van der Waals surface area contributed by atoms with E-state index < -0.39 is 6.04 Å². The molecule has 0 aliphatic carbocycles. The second-order valence-electron chi connectivity index (χ2n) is 6.48. The minimum Gasteiger partial charge on any atom is -0.467 e. The first kappa shape index (κ1) is 19.7. The average molecular weight is 424 g/mol. The second-order valence-corrected chi connectivity index (χ2v) is 6.82. The Balaban J connectivity index is 1.70. The van der Waals surface area contributed by atoms with E-state index in [1.54, 1.807) is 19.1 Å². The van der Waals surface area contributed by atoms with Crippen LogP contribution in [0.1, 0.15) is 6.92 Å². The zero-order valence-corrected chi connectivity index (χ0v) is 17.0. The Morgan fingerprint density at radius 2 is 1.90 bits per heavy atom. The number of nitrogens with one attached hydrogen (secondary N) is 1. The summed E-state index contributed by atoms with van der Waals surface area (Å²) in [6.45, 7) is 1.74. The van der Waals surface area contributed by atoms with Crippen LogP contribution < -0.4 is 10.1 Å². The largest absolute Gasteiger partial charge is 0.467 e. The number of carbonyl (C=O) groups excluding carboxylic acids is 1. The molecule has 2 heterocycles. The molecule has 152 valence electrons. The van der Waals surface area contributed by atoms with Crippen LogP contribution >= 0.6 is 11.6 Å². The first-order chi connectivity index (χ1) is 14.5. The van der Waals surface area contributed by atoms with Gasteiger partial charge >= 0.3 is 5.97 Å². The number of esters is 1. The fraction of sp³-hybridized carbons (Fsp3) is 0.143. The SMILES string of the molecule is COC(=O)C(C)Nc1ccc(Oc2ccc3nnc(Cl)n3n2)c(-c2ccccc2)c1. The summed E-state index contributed by atoms with van der Waals surface area (Å²) >= 11 is 6.01. The summed E-state index contributed by atoms with van der Waals surface area (Å²) in [7, 11) is 1.36. The number of methoxy groups -OCH3 is 1. The van der Waals surface area contributed by atoms with Crippen LogP contribution in [0.3, 0.4) is 0 Å². The first-order valence-electron chi connectivity index (χ1n) is 9.15. The van der Waals surface area contributed by atoms with Crippen molar-refractivity contribution in [1.82, 2.24) is 19.8 Å². The Hall–Kier alpha value is -3.65. The Morgan fingerprint density at radius 1 is 1.10 bits per heavy atom. The molecular weight excluding hydrogens is 406 g/mol. The number of carbonyl (C=O) groups is 1. The highest BCUT2D eigenvalue weighted by atomic mass is 35.5. The minimum atomic E-state index is -0.495. The van der Waals surface area contributed by atoms with Crippen molar-refractivity contribution >= 4 is 28.9 Å². The summed E-state index contributed by atoms with van der Waals surface area (Å²) in [6.07, 6.45) is 0. The van der Waals surface area contributed by atoms with Gasteiger partial charge in [0.15, 0.2) is 5.65 Å². The van der Waals surface area contributed by atoms with Crippen molar-refractivity contribution in [3.05, 3.63) is 65.9 Å². The Bertz CT molecular complexity index is 1200. The summed E-state index contributed by atoms with van der Waals surface area (Å²) in [5.41, 5.74) is 3.05. The van der Waals surface area contributed by atoms with Crippen LogP contribution in [0.2, 0.25) is 5.28 Å². The molecule has 1 atom stereocenters. The third-order valence-corrected chi connectivity index (χ3v) is 4.65. The van der Waals surface area contributed by atoms with Gasteiger partial charge in [0.05, 0.1) is 7.11 Å². The van der Waals surface area contributed by atoms with Gasteiger partial charge in [0.2, 0.25) is 11.2 Å². The maximum absolute atomic E-state index is 11.8. The van der Waals surface area contributed by atoms with Gasteiger partial charge in [0, 0.05) is 17.3 Å². The molecule has 8 nitrogen and oxygen atoms in total. The van der Waals surface area contributed by atoms with E-state index in [1.807, 2.05) is 48.5 Å². The third kappa shape index (κ3) is 4.04. The number of ether oxygens (including phenoxy) is 2. The second kappa shape index (κ2) is 8.38. The highest BCUT2D eigenvalue weighted by Gasteiger charge is 2.15. The fourth-order valence-corrected chi connectivity index (χ4v) is 3.11. The van der Waals surface area contributed by atoms with E-state index in [9.17, 15) is 4.79 Å². The number of hydrogen-bond acceptors (Lipinski definition) is 7. The first-order valence-corrected chi connectivity index (χ1v) is 9.52. The molecule has 1 N–H and O–H groups in total. The summed E-state index contributed by atoms with van der Waals surface area (Å²) in [5, 5.41) is 15.3. The van der Waals surface area contributed by atoms with Gasteiger partial charge in [0.25, 0.3) is 0 Å². The molecule has 4 aromatic rings. The van der Waals surface area contributed by atoms with Gasteiger partial charge in [-0.2, -0.15) is 4.52 Å². The van der Waals surface area contributed by atoms with Gasteiger partial charge in [0.1, 0.15) is 11.8 Å². The number of nitrogens with zero attached hydrogens (tertiary/aromatic N) is 4. The lowest BCUT2D eigenvalue weighted by molar-refractivity contribution is -0.141. The van der Waals surface area contributed by atoms with Crippen molar-refractivity contribution < 1.29 is 14.3 Å². The highest BCUT2D eigenvalue weighted by molar-refractivity contribution is 6.28. The lowest BCUT2D eigenvalue weighted by Gasteiger charge is -2.16. The molecule has 0 fully saturated rings. The maximum Gasteiger partial charge on any atom is 0.327 e. The molecule has 0 spiro atoms. The normalized spacial score (nSPS) is 11.8. The lowest BCUT2D eigenvalue weighted by atomic mass is 10.0. The van der Waals surface area contributed by atoms with Crippen LogP contribution in [0.25, 0.3) is 16.8 Å². The van der Waals surface area contributed by atoms with Crippen LogP contribution in [0, 0.1) is 0 Å². The van der Waals surface area contributed by atoms with Crippen LogP contribution in [0.4, 0.5) is 5.69 Å². The molecule has 0 bridgehead atoms. The van der Waals surface area contributed by atoms with Crippen LogP contribution in [0.15, 0.2) is 60.7 Å². The van der Waals surface area contributed by atoms with E-state index in [0.29, 0.717) is 17.3 Å². The fourth-order valence-electron chi connectivity index (χ4n) is 2.95. The van der Waals surface area contributed by atoms with Crippen LogP contribution in [0.5, 0.6) is 11.6 Å². The molecule has 2 aromatic carbocycles. The van der Waals surface area contributed by atoms with Gasteiger partial charge in [-0.25, -0.2) is 4.79 Å². The number of rotatable bonds is 6. The van der Waals surface area contributed by atoms with Gasteiger partial charge in [-0.05, 0) is 48.4 Å². The molecule has 4 rings (SSSR count). The molecular formula is C21H18ClN5O3. The van der Waals surface area contributed by atoms with Crippen LogP contribution in [-0.4, -0.2) is 38.9 Å². The molecule has 0 saturated carbocycles. The van der Waals surface area contributed by atoms with Crippen molar-refractivity contribution in [3.8, 4) is 22.8 Å². The van der Waals surface area contributed by atoms with E-state index in [-0.39, 0.29) is 11.3 Å². The number of anilines is 1. The predicted octanol–water partition coefficient (Wildman–Crippen LogP) is 4.21. The van der Waals surface area contributed by atoms with Crippen LogP contribution in [-0.2, 0) is 9.53 Å². The minimum absolute atomic E-state index is 0.148. The van der Waals surface area contributed by atoms with E-state index in [2.05, 4.69) is 20.6 Å². The van der Waals surface area contributed by atoms with E-state index in [1.165, 1.54) is 11.6 Å². The molecule has 9 heteroatoms. The van der Waals surface area contributed by atoms with Crippen molar-refractivity contribution in [3.63, 3.8) is 0 Å². The molecule has 0 aliphatic rings. The molecule has 2 aromatic heterocycles. The Kier molecular flexibility index (Phi) is 5.49. The van der Waals surface area contributed by atoms with Gasteiger partial charge in [-0.1, -0.05) is 30.3 Å². The van der Waals surface area contributed by atoms with E-state index in [0.717, 1.165) is 16.8 Å². The number of aromatic nitrogens is 4. The Morgan fingerprint density at radius 3 is 2.67 bits per heavy atom. The Labute approximate surface area is 177 Å². The molecule has 0 amide bonds. The molecule has 0 aliphatic heterocycles. The lowest BCUT2D eigenvalue weighted by Crippen LogP contribution is -2.27. The average Bonchev–Trinajstić information content (AvgIpc) is 3.15. The third-order valence-electron chi connectivity index (χ3n) is 4.42. The maximum atomic E-state index is 11.8. The van der Waals surface area contributed by atoms with Crippen molar-refractivity contribution in [2.24, 2.45) is 0 Å². The van der Waals surface area contributed by atoms with Crippen molar-refractivity contribution in [2.45, 2.75) is 13.0 Å². The predicted molar refractivity (Wildman–Crippen MR) is 113 cm³/mol. The molecule has 30 heavy (non-hydrogen) atoms. The number of fused-ring (bicyclic) bond motifs is 1.